The minimum Gasteiger partial charge on any atom is -0.497 e. The first kappa shape index (κ1) is 19.6. The molecular formula is C22H25N3O3. The lowest BCUT2D eigenvalue weighted by molar-refractivity contribution is 0.266. The maximum absolute atomic E-state index is 11.5. The molecule has 3 aromatic rings. The number of aromatic amines is 1. The van der Waals surface area contributed by atoms with Gasteiger partial charge in [-0.3, -0.25) is 9.69 Å². The number of ether oxygens (including phenoxy) is 1. The average molecular weight is 379 g/mol. The number of hydrogen-bond acceptors (Lipinski definition) is 5. The molecule has 1 atom stereocenters. The van der Waals surface area contributed by atoms with Crippen molar-refractivity contribution in [1.82, 2.24) is 9.88 Å². The van der Waals surface area contributed by atoms with Crippen LogP contribution < -0.4 is 10.3 Å². The number of nitrogens with one attached hydrogen (secondary N) is 1. The van der Waals surface area contributed by atoms with Crippen LogP contribution in [0.5, 0.6) is 5.75 Å². The zero-order valence-corrected chi connectivity index (χ0v) is 16.3. The van der Waals surface area contributed by atoms with Gasteiger partial charge in [-0.05, 0) is 54.8 Å². The van der Waals surface area contributed by atoms with Crippen LogP contribution in [-0.2, 0) is 6.54 Å². The van der Waals surface area contributed by atoms with Gasteiger partial charge in [-0.15, -0.1) is 0 Å². The van der Waals surface area contributed by atoms with E-state index in [1.807, 2.05) is 49.5 Å². The summed E-state index contributed by atoms with van der Waals surface area (Å²) in [6.07, 6.45) is 0.787. The fourth-order valence-electron chi connectivity index (χ4n) is 3.47. The normalized spacial score (nSPS) is 13.1. The minimum atomic E-state index is -0.137. The molecule has 1 heterocycles. The second-order valence-electron chi connectivity index (χ2n) is 6.80. The van der Waals surface area contributed by atoms with Gasteiger partial charge in [0.15, 0.2) is 0 Å². The summed E-state index contributed by atoms with van der Waals surface area (Å²) in [5.74, 6) is 0.824. The number of fused-ring (bicyclic) bond motifs is 1. The number of likely N-dealkylation sites (N-methyl/N-ethyl adjacent to an activating group) is 1. The molecule has 2 aromatic carbocycles. The van der Waals surface area contributed by atoms with Crippen LogP contribution in [0.2, 0.25) is 0 Å². The van der Waals surface area contributed by atoms with Crippen LogP contribution in [0.3, 0.4) is 0 Å². The summed E-state index contributed by atoms with van der Waals surface area (Å²) in [6.45, 7) is 2.78. The van der Waals surface area contributed by atoms with Gasteiger partial charge in [0, 0.05) is 23.7 Å². The molecule has 6 heteroatoms. The van der Waals surface area contributed by atoms with Gasteiger partial charge >= 0.3 is 0 Å². The number of methoxy groups -OCH3 is 1. The number of H-pyrrole nitrogens is 1. The summed E-state index contributed by atoms with van der Waals surface area (Å²) in [4.78, 5) is 16.4. The smallest absolute Gasteiger partial charge is 0.248 e. The van der Waals surface area contributed by atoms with Crippen molar-refractivity contribution in [2.75, 3.05) is 14.2 Å². The summed E-state index contributed by atoms with van der Waals surface area (Å²) in [7, 11) is 3.67. The number of benzene rings is 2. The predicted octanol–water partition coefficient (Wildman–Crippen LogP) is 3.63. The molecule has 28 heavy (non-hydrogen) atoms. The van der Waals surface area contributed by atoms with Crippen LogP contribution in [0.15, 0.2) is 64.5 Å². The number of pyridine rings is 1. The molecule has 0 saturated heterocycles. The van der Waals surface area contributed by atoms with Crippen LogP contribution in [0, 0.1) is 0 Å². The van der Waals surface area contributed by atoms with Gasteiger partial charge in [-0.25, -0.2) is 0 Å². The summed E-state index contributed by atoms with van der Waals surface area (Å²) >= 11 is 0. The molecule has 1 aromatic heterocycles. The first-order valence-corrected chi connectivity index (χ1v) is 9.24. The second-order valence-corrected chi connectivity index (χ2v) is 6.80. The number of rotatable bonds is 7. The molecule has 146 valence electrons. The van der Waals surface area contributed by atoms with Crippen LogP contribution in [0.25, 0.3) is 10.9 Å². The Morgan fingerprint density at radius 2 is 1.93 bits per heavy atom. The van der Waals surface area contributed by atoms with Gasteiger partial charge in [0.1, 0.15) is 11.5 Å². The van der Waals surface area contributed by atoms with Crippen molar-refractivity contribution in [3.63, 3.8) is 0 Å². The number of oxime groups is 1. The maximum atomic E-state index is 11.5. The molecule has 0 bridgehead atoms. The third-order valence-electron chi connectivity index (χ3n) is 4.95. The van der Waals surface area contributed by atoms with Gasteiger partial charge in [0.2, 0.25) is 5.56 Å². The zero-order valence-electron chi connectivity index (χ0n) is 16.3. The largest absolute Gasteiger partial charge is 0.497 e. The second kappa shape index (κ2) is 8.71. The Hall–Kier alpha value is -3.12. The van der Waals surface area contributed by atoms with E-state index in [1.54, 1.807) is 13.2 Å². The third kappa shape index (κ3) is 4.23. The average Bonchev–Trinajstić information content (AvgIpc) is 2.72. The Bertz CT molecular complexity index is 1030. The monoisotopic (exact) mass is 379 g/mol. The van der Waals surface area contributed by atoms with Crippen molar-refractivity contribution in [1.29, 1.82) is 0 Å². The Kier molecular flexibility index (Phi) is 6.11. The Morgan fingerprint density at radius 1 is 1.18 bits per heavy atom. The van der Waals surface area contributed by atoms with Crippen LogP contribution in [0.4, 0.5) is 0 Å². The van der Waals surface area contributed by atoms with Crippen LogP contribution >= 0.6 is 0 Å². The minimum absolute atomic E-state index is 0.0627. The predicted molar refractivity (Wildman–Crippen MR) is 111 cm³/mol. The molecule has 0 aliphatic carbocycles. The highest BCUT2D eigenvalue weighted by Gasteiger charge is 2.22. The van der Waals surface area contributed by atoms with E-state index in [0.717, 1.165) is 34.2 Å². The molecule has 0 aliphatic rings. The van der Waals surface area contributed by atoms with Gasteiger partial charge < -0.3 is 14.9 Å². The molecule has 0 radical (unpaired) electrons. The molecule has 0 spiro atoms. The molecular weight excluding hydrogens is 354 g/mol. The zero-order chi connectivity index (χ0) is 20.1. The SMILES string of the molecule is CCC(/C(=N/O)c1ccc2[nH]c(=O)ccc2c1)N(C)Cc1ccc(OC)cc1. The number of aromatic nitrogens is 1. The van der Waals surface area contributed by atoms with Crippen LogP contribution in [-0.4, -0.2) is 41.0 Å². The summed E-state index contributed by atoms with van der Waals surface area (Å²) < 4.78 is 5.21. The molecule has 6 nitrogen and oxygen atoms in total. The Morgan fingerprint density at radius 3 is 2.57 bits per heavy atom. The number of nitrogens with zero attached hydrogens (tertiary/aromatic N) is 2. The standard InChI is InChI=1S/C22H25N3O3/c1-4-20(25(2)14-15-5-9-18(28-3)10-6-15)22(24-27)17-7-11-19-16(13-17)8-12-21(26)23-19/h5-13,20,27H,4,14H2,1-3H3,(H,23,26)/b24-22+. The molecule has 0 saturated carbocycles. The lowest BCUT2D eigenvalue weighted by atomic mass is 9.98. The molecule has 0 amide bonds. The fraction of sp³-hybridized carbons (Fsp3) is 0.273. The molecule has 0 aliphatic heterocycles. The summed E-state index contributed by atoms with van der Waals surface area (Å²) in [5, 5.41) is 14.3. The van der Waals surface area contributed by atoms with E-state index >= 15 is 0 Å². The van der Waals surface area contributed by atoms with E-state index in [9.17, 15) is 10.0 Å². The van der Waals surface area contributed by atoms with Crippen molar-refractivity contribution in [2.45, 2.75) is 25.9 Å². The highest BCUT2D eigenvalue weighted by Crippen LogP contribution is 2.20. The Balaban J connectivity index is 1.85. The van der Waals surface area contributed by atoms with E-state index in [0.29, 0.717) is 12.3 Å². The van der Waals surface area contributed by atoms with E-state index < -0.39 is 0 Å². The van der Waals surface area contributed by atoms with Crippen molar-refractivity contribution in [3.05, 3.63) is 76.1 Å². The van der Waals surface area contributed by atoms with Crippen molar-refractivity contribution < 1.29 is 9.94 Å². The summed E-state index contributed by atoms with van der Waals surface area (Å²) in [6, 6.07) is 16.8. The third-order valence-corrected chi connectivity index (χ3v) is 4.95. The van der Waals surface area contributed by atoms with Crippen LogP contribution in [0.1, 0.15) is 24.5 Å². The molecule has 0 fully saturated rings. The van der Waals surface area contributed by atoms with Gasteiger partial charge in [0.05, 0.1) is 13.2 Å². The topological polar surface area (TPSA) is 77.9 Å². The maximum Gasteiger partial charge on any atom is 0.248 e. The Labute approximate surface area is 164 Å². The lowest BCUT2D eigenvalue weighted by Crippen LogP contribution is -2.38. The van der Waals surface area contributed by atoms with E-state index in [-0.39, 0.29) is 11.6 Å². The lowest BCUT2D eigenvalue weighted by Gasteiger charge is -2.28. The van der Waals surface area contributed by atoms with E-state index in [1.165, 1.54) is 6.07 Å². The summed E-state index contributed by atoms with van der Waals surface area (Å²) in [5.41, 5.74) is 3.20. The fourth-order valence-corrected chi connectivity index (χ4v) is 3.47. The number of hydrogen-bond donors (Lipinski definition) is 2. The van der Waals surface area contributed by atoms with Gasteiger partial charge in [-0.2, -0.15) is 0 Å². The van der Waals surface area contributed by atoms with E-state index in [4.69, 9.17) is 4.74 Å². The quantitative estimate of drug-likeness (QED) is 0.373. The van der Waals surface area contributed by atoms with E-state index in [2.05, 4.69) is 22.0 Å². The first-order chi connectivity index (χ1) is 13.5. The van der Waals surface area contributed by atoms with Crippen molar-refractivity contribution in [2.24, 2.45) is 5.16 Å². The van der Waals surface area contributed by atoms with Gasteiger partial charge in [-0.1, -0.05) is 30.3 Å². The first-order valence-electron chi connectivity index (χ1n) is 9.24. The van der Waals surface area contributed by atoms with Gasteiger partial charge in [0.25, 0.3) is 0 Å². The molecule has 3 rings (SSSR count). The van der Waals surface area contributed by atoms with Crippen molar-refractivity contribution >= 4 is 16.6 Å². The highest BCUT2D eigenvalue weighted by molar-refractivity contribution is 6.06. The highest BCUT2D eigenvalue weighted by atomic mass is 16.5. The molecule has 1 unspecified atom stereocenters. The van der Waals surface area contributed by atoms with Crippen molar-refractivity contribution in [3.8, 4) is 5.75 Å². The molecule has 2 N–H and O–H groups in total.